The zero-order chi connectivity index (χ0) is 17.5. The van der Waals surface area contributed by atoms with Crippen LogP contribution in [0.4, 0.5) is 5.69 Å². The maximum atomic E-state index is 12.2. The highest BCUT2D eigenvalue weighted by Crippen LogP contribution is 2.23. The van der Waals surface area contributed by atoms with Crippen molar-refractivity contribution in [1.82, 2.24) is 5.32 Å². The second-order valence-corrected chi connectivity index (χ2v) is 5.51. The smallest absolute Gasteiger partial charge is 0.263 e. The molecule has 0 radical (unpaired) electrons. The molecule has 0 aromatic heterocycles. The highest BCUT2D eigenvalue weighted by Gasteiger charge is 2.08. The van der Waals surface area contributed by atoms with E-state index in [0.29, 0.717) is 6.54 Å². The number of benzene rings is 3. The summed E-state index contributed by atoms with van der Waals surface area (Å²) in [4.78, 5) is 12.2. The largest absolute Gasteiger partial charge is 0.360 e. The fourth-order valence-corrected chi connectivity index (χ4v) is 2.52. The lowest BCUT2D eigenvalue weighted by molar-refractivity contribution is -0.117. The number of carbonyl (C=O) groups excluding carboxylic acids is 1. The zero-order valence-electron chi connectivity index (χ0n) is 13.6. The summed E-state index contributed by atoms with van der Waals surface area (Å²) in [5.74, 6) is -0.404. The second-order valence-electron chi connectivity index (χ2n) is 5.51. The van der Waals surface area contributed by atoms with E-state index in [9.17, 15) is 10.1 Å². The highest BCUT2D eigenvalue weighted by molar-refractivity contribution is 5.98. The number of nitrogens with one attached hydrogen (secondary N) is 2. The number of amides is 1. The third-order valence-electron chi connectivity index (χ3n) is 3.82. The maximum absolute atomic E-state index is 12.2. The molecule has 4 nitrogen and oxygen atoms in total. The average Bonchev–Trinajstić information content (AvgIpc) is 2.67. The van der Waals surface area contributed by atoms with Crippen LogP contribution in [0.1, 0.15) is 5.56 Å². The number of hydrogen-bond acceptors (Lipinski definition) is 3. The minimum atomic E-state index is -0.404. The molecule has 0 saturated heterocycles. The number of carbonyl (C=O) groups is 1. The van der Waals surface area contributed by atoms with Gasteiger partial charge < -0.3 is 10.6 Å². The van der Waals surface area contributed by atoms with Crippen molar-refractivity contribution < 1.29 is 4.79 Å². The van der Waals surface area contributed by atoms with Crippen LogP contribution in [0.2, 0.25) is 0 Å². The third-order valence-corrected chi connectivity index (χ3v) is 3.82. The third kappa shape index (κ3) is 4.04. The van der Waals surface area contributed by atoms with Gasteiger partial charge in [-0.3, -0.25) is 4.79 Å². The first kappa shape index (κ1) is 16.3. The molecule has 0 aliphatic rings. The normalized spacial score (nSPS) is 10.9. The van der Waals surface area contributed by atoms with Gasteiger partial charge in [0.25, 0.3) is 5.91 Å². The van der Waals surface area contributed by atoms with E-state index in [0.717, 1.165) is 22.0 Å². The van der Waals surface area contributed by atoms with Gasteiger partial charge in [0.05, 0.1) is 0 Å². The minimum Gasteiger partial charge on any atom is -0.360 e. The van der Waals surface area contributed by atoms with Crippen molar-refractivity contribution in [1.29, 1.82) is 5.26 Å². The molecule has 3 rings (SSSR count). The Hall–Kier alpha value is -3.58. The van der Waals surface area contributed by atoms with Crippen LogP contribution >= 0.6 is 0 Å². The monoisotopic (exact) mass is 327 g/mol. The molecule has 1 amide bonds. The van der Waals surface area contributed by atoms with Crippen molar-refractivity contribution in [2.45, 2.75) is 6.54 Å². The summed E-state index contributed by atoms with van der Waals surface area (Å²) in [6, 6.07) is 25.3. The lowest BCUT2D eigenvalue weighted by Gasteiger charge is -2.07. The van der Waals surface area contributed by atoms with E-state index < -0.39 is 5.91 Å². The molecule has 0 unspecified atom stereocenters. The molecule has 3 aromatic carbocycles. The number of hydrogen-bond donors (Lipinski definition) is 2. The summed E-state index contributed by atoms with van der Waals surface area (Å²) in [5.41, 5.74) is 1.86. The van der Waals surface area contributed by atoms with Crippen LogP contribution in [-0.2, 0) is 11.3 Å². The van der Waals surface area contributed by atoms with Crippen molar-refractivity contribution in [2.75, 3.05) is 5.32 Å². The molecule has 2 N–H and O–H groups in total. The Morgan fingerprint density at radius 1 is 0.960 bits per heavy atom. The standard InChI is InChI=1S/C21H17N3O/c22-13-18(21(25)24-14-16-7-2-1-3-8-16)15-23-20-12-6-10-17-9-4-5-11-19(17)20/h1-12,15,23H,14H2,(H,24,25)/b18-15-. The topological polar surface area (TPSA) is 64.9 Å². The Balaban J connectivity index is 1.72. The summed E-state index contributed by atoms with van der Waals surface area (Å²) in [6.07, 6.45) is 1.45. The van der Waals surface area contributed by atoms with Gasteiger partial charge in [0, 0.05) is 23.8 Å². The average molecular weight is 327 g/mol. The van der Waals surface area contributed by atoms with Crippen molar-refractivity contribution >= 4 is 22.4 Å². The van der Waals surface area contributed by atoms with Gasteiger partial charge in [-0.2, -0.15) is 5.26 Å². The molecule has 0 aliphatic carbocycles. The molecular formula is C21H17N3O. The predicted octanol–water partition coefficient (Wildman–Crippen LogP) is 3.98. The van der Waals surface area contributed by atoms with Gasteiger partial charge in [0.2, 0.25) is 0 Å². The quantitative estimate of drug-likeness (QED) is 0.550. The first-order valence-corrected chi connectivity index (χ1v) is 7.94. The fraction of sp³-hybridized carbons (Fsp3) is 0.0476. The molecule has 0 saturated carbocycles. The van der Waals surface area contributed by atoms with E-state index in [-0.39, 0.29) is 5.57 Å². The molecular weight excluding hydrogens is 310 g/mol. The Morgan fingerprint density at radius 3 is 2.48 bits per heavy atom. The molecule has 0 heterocycles. The Labute approximate surface area is 146 Å². The fourth-order valence-electron chi connectivity index (χ4n) is 2.52. The number of anilines is 1. The molecule has 0 fully saturated rings. The van der Waals surface area contributed by atoms with Gasteiger partial charge in [-0.1, -0.05) is 66.7 Å². The van der Waals surface area contributed by atoms with Crippen LogP contribution in [0.5, 0.6) is 0 Å². The van der Waals surface area contributed by atoms with Gasteiger partial charge in [0.15, 0.2) is 0 Å². The molecule has 25 heavy (non-hydrogen) atoms. The summed E-state index contributed by atoms with van der Waals surface area (Å²) >= 11 is 0. The SMILES string of the molecule is N#C/C(=C/Nc1cccc2ccccc12)C(=O)NCc1ccccc1. The van der Waals surface area contributed by atoms with Crippen LogP contribution in [0.3, 0.4) is 0 Å². The van der Waals surface area contributed by atoms with Gasteiger partial charge in [-0.15, -0.1) is 0 Å². The number of fused-ring (bicyclic) bond motifs is 1. The molecule has 122 valence electrons. The highest BCUT2D eigenvalue weighted by atomic mass is 16.1. The summed E-state index contributed by atoms with van der Waals surface area (Å²) < 4.78 is 0. The Kier molecular flexibility index (Phi) is 5.08. The van der Waals surface area contributed by atoms with E-state index >= 15 is 0 Å². The van der Waals surface area contributed by atoms with Crippen molar-refractivity contribution in [2.24, 2.45) is 0 Å². The lowest BCUT2D eigenvalue weighted by atomic mass is 10.1. The second kappa shape index (κ2) is 7.80. The Morgan fingerprint density at radius 2 is 1.68 bits per heavy atom. The molecule has 0 aliphatic heterocycles. The lowest BCUT2D eigenvalue weighted by Crippen LogP contribution is -2.24. The molecule has 0 spiro atoms. The van der Waals surface area contributed by atoms with Crippen LogP contribution in [-0.4, -0.2) is 5.91 Å². The number of nitrogens with zero attached hydrogens (tertiary/aromatic N) is 1. The van der Waals surface area contributed by atoms with E-state index in [1.165, 1.54) is 6.20 Å². The predicted molar refractivity (Wildman–Crippen MR) is 99.6 cm³/mol. The minimum absolute atomic E-state index is 0.0314. The van der Waals surface area contributed by atoms with E-state index in [4.69, 9.17) is 0 Å². The van der Waals surface area contributed by atoms with Gasteiger partial charge in [0.1, 0.15) is 11.6 Å². The zero-order valence-corrected chi connectivity index (χ0v) is 13.6. The van der Waals surface area contributed by atoms with Crippen LogP contribution in [0.15, 0.2) is 84.6 Å². The van der Waals surface area contributed by atoms with Crippen LogP contribution < -0.4 is 10.6 Å². The Bertz CT molecular complexity index is 950. The van der Waals surface area contributed by atoms with E-state index in [2.05, 4.69) is 10.6 Å². The summed E-state index contributed by atoms with van der Waals surface area (Å²) in [6.45, 7) is 0.382. The number of nitriles is 1. The van der Waals surface area contributed by atoms with Gasteiger partial charge in [-0.25, -0.2) is 0 Å². The summed E-state index contributed by atoms with van der Waals surface area (Å²) in [7, 11) is 0. The van der Waals surface area contributed by atoms with Crippen molar-refractivity contribution in [3.8, 4) is 6.07 Å². The van der Waals surface area contributed by atoms with Crippen LogP contribution in [0.25, 0.3) is 10.8 Å². The maximum Gasteiger partial charge on any atom is 0.263 e. The van der Waals surface area contributed by atoms with Crippen molar-refractivity contribution in [3.63, 3.8) is 0 Å². The molecule has 0 atom stereocenters. The number of rotatable bonds is 5. The van der Waals surface area contributed by atoms with E-state index in [1.54, 1.807) is 0 Å². The first-order chi connectivity index (χ1) is 12.3. The van der Waals surface area contributed by atoms with Crippen molar-refractivity contribution in [3.05, 3.63) is 90.1 Å². The molecule has 3 aromatic rings. The molecule has 4 heteroatoms. The molecule has 0 bridgehead atoms. The van der Waals surface area contributed by atoms with Gasteiger partial charge >= 0.3 is 0 Å². The first-order valence-electron chi connectivity index (χ1n) is 7.94. The van der Waals surface area contributed by atoms with Gasteiger partial charge in [-0.05, 0) is 17.0 Å². The summed E-state index contributed by atoms with van der Waals surface area (Å²) in [5, 5.41) is 17.2. The van der Waals surface area contributed by atoms with E-state index in [1.807, 2.05) is 78.9 Å². The van der Waals surface area contributed by atoms with Crippen LogP contribution in [0, 0.1) is 11.3 Å².